The van der Waals surface area contributed by atoms with E-state index in [1.165, 1.54) is 5.56 Å². The number of aromatic nitrogens is 3. The Morgan fingerprint density at radius 2 is 2.17 bits per heavy atom. The van der Waals surface area contributed by atoms with E-state index in [9.17, 15) is 0 Å². The Morgan fingerprint density at radius 1 is 1.30 bits per heavy atom. The summed E-state index contributed by atoms with van der Waals surface area (Å²) in [4.78, 5) is 15.9. The number of fused-ring (bicyclic) bond motifs is 1. The van der Waals surface area contributed by atoms with Crippen molar-refractivity contribution in [1.82, 2.24) is 19.9 Å². The Hall–Kier alpha value is -1.53. The summed E-state index contributed by atoms with van der Waals surface area (Å²) in [6.45, 7) is 4.81. The zero-order valence-corrected chi connectivity index (χ0v) is 15.1. The van der Waals surface area contributed by atoms with E-state index in [4.69, 9.17) is 9.72 Å². The third kappa shape index (κ3) is 3.87. The summed E-state index contributed by atoms with van der Waals surface area (Å²) < 4.78 is 6.35. The molecule has 1 aliphatic heterocycles. The number of aryl methyl sites for hydroxylation is 1. The van der Waals surface area contributed by atoms with Crippen LogP contribution in [-0.4, -0.2) is 33.5 Å². The molecule has 0 radical (unpaired) electrons. The molecule has 0 aliphatic carbocycles. The minimum absolute atomic E-state index is 0.688. The molecule has 5 nitrogen and oxygen atoms in total. The minimum Gasteiger partial charge on any atom is -0.481 e. The summed E-state index contributed by atoms with van der Waals surface area (Å²) in [7, 11) is 1.66. The highest BCUT2D eigenvalue weighted by Gasteiger charge is 2.20. The summed E-state index contributed by atoms with van der Waals surface area (Å²) in [5, 5.41) is 0. The largest absolute Gasteiger partial charge is 0.481 e. The van der Waals surface area contributed by atoms with Crippen molar-refractivity contribution < 1.29 is 4.74 Å². The summed E-state index contributed by atoms with van der Waals surface area (Å²) in [6.07, 6.45) is 6.77. The minimum atomic E-state index is 0.688. The molecule has 23 heavy (non-hydrogen) atoms. The maximum atomic E-state index is 5.38. The van der Waals surface area contributed by atoms with Crippen molar-refractivity contribution in [3.8, 4) is 5.88 Å². The first-order valence-electron chi connectivity index (χ1n) is 7.94. The van der Waals surface area contributed by atoms with Gasteiger partial charge in [-0.2, -0.15) is 0 Å². The number of hydrogen-bond acceptors (Lipinski definition) is 5. The highest BCUT2D eigenvalue weighted by Crippen LogP contribution is 2.24. The zero-order valence-electron chi connectivity index (χ0n) is 13.5. The van der Waals surface area contributed by atoms with Crippen LogP contribution in [0.3, 0.4) is 0 Å². The fourth-order valence-electron chi connectivity index (χ4n) is 2.88. The smallest absolute Gasteiger partial charge is 0.217 e. The number of pyridine rings is 1. The fourth-order valence-corrected chi connectivity index (χ4v) is 3.26. The molecule has 3 rings (SSSR count). The Morgan fingerprint density at radius 3 is 2.96 bits per heavy atom. The van der Waals surface area contributed by atoms with Gasteiger partial charge in [0.25, 0.3) is 0 Å². The average molecular weight is 377 g/mol. The van der Waals surface area contributed by atoms with Crippen LogP contribution in [0.15, 0.2) is 22.9 Å². The molecule has 6 heteroatoms. The second-order valence-corrected chi connectivity index (χ2v) is 6.71. The standard InChI is InChI=1S/C17H21BrN4O/c1-3-4-16-19-8-12-5-6-22(11-15(12)21-16)10-13-7-14(18)9-20-17(13)23-2/h7-9H,3-6,10-11H2,1-2H3. The predicted octanol–water partition coefficient (Wildman–Crippen LogP) is 3.15. The van der Waals surface area contributed by atoms with E-state index < -0.39 is 0 Å². The molecule has 2 aromatic heterocycles. The molecule has 2 aromatic rings. The summed E-state index contributed by atoms with van der Waals surface area (Å²) in [6, 6.07) is 2.07. The Kier molecular flexibility index (Phi) is 5.23. The molecule has 0 saturated heterocycles. The maximum absolute atomic E-state index is 5.38. The maximum Gasteiger partial charge on any atom is 0.217 e. The lowest BCUT2D eigenvalue weighted by molar-refractivity contribution is 0.236. The van der Waals surface area contributed by atoms with Crippen LogP contribution >= 0.6 is 15.9 Å². The summed E-state index contributed by atoms with van der Waals surface area (Å²) in [5.74, 6) is 1.64. The lowest BCUT2D eigenvalue weighted by atomic mass is 10.1. The van der Waals surface area contributed by atoms with Crippen LogP contribution in [0.5, 0.6) is 5.88 Å². The van der Waals surface area contributed by atoms with E-state index in [1.54, 1.807) is 13.3 Å². The Bertz CT molecular complexity index is 692. The number of halogens is 1. The van der Waals surface area contributed by atoms with Gasteiger partial charge in [0.2, 0.25) is 5.88 Å². The van der Waals surface area contributed by atoms with Gasteiger partial charge in [-0.1, -0.05) is 6.92 Å². The molecular weight excluding hydrogens is 356 g/mol. The first-order chi connectivity index (χ1) is 11.2. The van der Waals surface area contributed by atoms with Crippen molar-refractivity contribution >= 4 is 15.9 Å². The van der Waals surface area contributed by atoms with Crippen molar-refractivity contribution in [2.24, 2.45) is 0 Å². The second-order valence-electron chi connectivity index (χ2n) is 5.79. The SMILES string of the molecule is CCCc1ncc2c(n1)CN(Cc1cc(Br)cnc1OC)CC2. The van der Waals surface area contributed by atoms with Crippen molar-refractivity contribution in [2.75, 3.05) is 13.7 Å². The first-order valence-corrected chi connectivity index (χ1v) is 8.73. The van der Waals surface area contributed by atoms with Crippen LogP contribution in [-0.2, 0) is 25.9 Å². The van der Waals surface area contributed by atoms with Crippen LogP contribution in [0, 0.1) is 0 Å². The van der Waals surface area contributed by atoms with E-state index in [0.717, 1.165) is 60.5 Å². The number of hydrogen-bond donors (Lipinski definition) is 0. The molecule has 0 unspecified atom stereocenters. The van der Waals surface area contributed by atoms with Crippen LogP contribution in [0.25, 0.3) is 0 Å². The number of ether oxygens (including phenoxy) is 1. The van der Waals surface area contributed by atoms with E-state index in [0.29, 0.717) is 5.88 Å². The van der Waals surface area contributed by atoms with Gasteiger partial charge in [-0.05, 0) is 40.4 Å². The van der Waals surface area contributed by atoms with Crippen molar-refractivity contribution in [3.05, 3.63) is 45.6 Å². The van der Waals surface area contributed by atoms with Gasteiger partial charge in [0, 0.05) is 48.5 Å². The highest BCUT2D eigenvalue weighted by molar-refractivity contribution is 9.10. The zero-order chi connectivity index (χ0) is 16.2. The average Bonchev–Trinajstić information content (AvgIpc) is 2.55. The van der Waals surface area contributed by atoms with Gasteiger partial charge < -0.3 is 4.74 Å². The molecule has 0 spiro atoms. The fraction of sp³-hybridized carbons (Fsp3) is 0.471. The first kappa shape index (κ1) is 16.3. The van der Waals surface area contributed by atoms with Gasteiger partial charge in [0.15, 0.2) is 0 Å². The molecule has 1 aliphatic rings. The van der Waals surface area contributed by atoms with Gasteiger partial charge >= 0.3 is 0 Å². The molecule has 122 valence electrons. The predicted molar refractivity (Wildman–Crippen MR) is 92.3 cm³/mol. The molecule has 0 aromatic carbocycles. The summed E-state index contributed by atoms with van der Waals surface area (Å²) in [5.41, 5.74) is 3.53. The number of methoxy groups -OCH3 is 1. The number of rotatable bonds is 5. The van der Waals surface area contributed by atoms with Gasteiger partial charge in [0.05, 0.1) is 12.8 Å². The lowest BCUT2D eigenvalue weighted by Gasteiger charge is -2.28. The van der Waals surface area contributed by atoms with E-state index >= 15 is 0 Å². The van der Waals surface area contributed by atoms with Gasteiger partial charge in [-0.25, -0.2) is 15.0 Å². The lowest BCUT2D eigenvalue weighted by Crippen LogP contribution is -2.31. The highest BCUT2D eigenvalue weighted by atomic mass is 79.9. The van der Waals surface area contributed by atoms with Crippen LogP contribution in [0.2, 0.25) is 0 Å². The van der Waals surface area contributed by atoms with Gasteiger partial charge in [-0.15, -0.1) is 0 Å². The third-order valence-electron chi connectivity index (χ3n) is 4.03. The Balaban J connectivity index is 1.76. The molecule has 0 saturated carbocycles. The van der Waals surface area contributed by atoms with Crippen LogP contribution < -0.4 is 4.74 Å². The number of nitrogens with zero attached hydrogens (tertiary/aromatic N) is 4. The summed E-state index contributed by atoms with van der Waals surface area (Å²) >= 11 is 3.49. The quantitative estimate of drug-likeness (QED) is 0.801. The second kappa shape index (κ2) is 7.36. The molecule has 0 fully saturated rings. The molecule has 3 heterocycles. The van der Waals surface area contributed by atoms with Gasteiger partial charge in [-0.3, -0.25) is 4.90 Å². The van der Waals surface area contributed by atoms with E-state index in [1.807, 2.05) is 6.20 Å². The third-order valence-corrected chi connectivity index (χ3v) is 4.46. The van der Waals surface area contributed by atoms with E-state index in [2.05, 4.69) is 43.8 Å². The van der Waals surface area contributed by atoms with Gasteiger partial charge in [0.1, 0.15) is 5.82 Å². The molecule has 0 atom stereocenters. The van der Waals surface area contributed by atoms with Crippen molar-refractivity contribution in [3.63, 3.8) is 0 Å². The molecule has 0 amide bonds. The molecular formula is C17H21BrN4O. The van der Waals surface area contributed by atoms with Crippen molar-refractivity contribution in [2.45, 2.75) is 39.3 Å². The normalized spacial score (nSPS) is 14.6. The Labute approximate surface area is 145 Å². The van der Waals surface area contributed by atoms with Crippen LogP contribution in [0.1, 0.15) is 36.0 Å². The topological polar surface area (TPSA) is 51.1 Å². The van der Waals surface area contributed by atoms with Crippen molar-refractivity contribution in [1.29, 1.82) is 0 Å². The molecule has 0 bridgehead atoms. The monoisotopic (exact) mass is 376 g/mol. The molecule has 0 N–H and O–H groups in total. The van der Waals surface area contributed by atoms with Crippen LogP contribution in [0.4, 0.5) is 0 Å². The van der Waals surface area contributed by atoms with E-state index in [-0.39, 0.29) is 0 Å².